The van der Waals surface area contributed by atoms with Gasteiger partial charge in [-0.1, -0.05) is 0 Å². The smallest absolute Gasteiger partial charge is 0.145 e. The number of aromatic nitrogens is 3. The van der Waals surface area contributed by atoms with Crippen LogP contribution in [0.5, 0.6) is 11.5 Å². The van der Waals surface area contributed by atoms with E-state index in [0.29, 0.717) is 23.2 Å². The van der Waals surface area contributed by atoms with E-state index in [1.165, 1.54) is 0 Å². The summed E-state index contributed by atoms with van der Waals surface area (Å²) in [5, 5.41) is 4.24. The Kier molecular flexibility index (Phi) is 4.65. The zero-order chi connectivity index (χ0) is 19.8. The number of ether oxygens (including phenoxy) is 3. The van der Waals surface area contributed by atoms with Crippen LogP contribution in [0.1, 0.15) is 6.92 Å². The molecule has 0 radical (unpaired) electrons. The van der Waals surface area contributed by atoms with E-state index in [1.54, 1.807) is 24.8 Å². The van der Waals surface area contributed by atoms with E-state index in [-0.39, 0.29) is 6.10 Å². The molecule has 2 aromatic carbocycles. The SMILES string of the molecule is COc1cc(O[C@H](C)C2COC2)c2c(Nc3ccc4ncsc4c3)ncnc2c1. The van der Waals surface area contributed by atoms with Gasteiger partial charge in [0.2, 0.25) is 0 Å². The van der Waals surface area contributed by atoms with Crippen LogP contribution in [0.4, 0.5) is 11.5 Å². The highest BCUT2D eigenvalue weighted by atomic mass is 32.1. The Labute approximate surface area is 171 Å². The first-order chi connectivity index (χ1) is 14.2. The predicted octanol–water partition coefficient (Wildman–Crippen LogP) is 4.41. The van der Waals surface area contributed by atoms with Gasteiger partial charge >= 0.3 is 0 Å². The number of rotatable bonds is 6. The minimum Gasteiger partial charge on any atom is -0.497 e. The maximum absolute atomic E-state index is 6.32. The lowest BCUT2D eigenvalue weighted by molar-refractivity contribution is -0.0774. The second kappa shape index (κ2) is 7.46. The molecule has 0 bridgehead atoms. The van der Waals surface area contributed by atoms with Crippen LogP contribution in [0.15, 0.2) is 42.2 Å². The monoisotopic (exact) mass is 408 g/mol. The molecule has 0 spiro atoms. The number of hydrogen-bond donors (Lipinski definition) is 1. The zero-order valence-electron chi connectivity index (χ0n) is 16.1. The molecule has 1 atom stereocenters. The quantitative estimate of drug-likeness (QED) is 0.506. The van der Waals surface area contributed by atoms with Gasteiger partial charge in [0.15, 0.2) is 0 Å². The Morgan fingerprint density at radius 2 is 2.03 bits per heavy atom. The van der Waals surface area contributed by atoms with Crippen molar-refractivity contribution in [3.63, 3.8) is 0 Å². The summed E-state index contributed by atoms with van der Waals surface area (Å²) in [6.45, 7) is 3.51. The van der Waals surface area contributed by atoms with Gasteiger partial charge in [-0.25, -0.2) is 15.0 Å². The van der Waals surface area contributed by atoms with Crippen molar-refractivity contribution in [1.82, 2.24) is 15.0 Å². The molecule has 1 aliphatic heterocycles. The lowest BCUT2D eigenvalue weighted by Gasteiger charge is -2.32. The minimum atomic E-state index is 0.0145. The van der Waals surface area contributed by atoms with Gasteiger partial charge in [-0.2, -0.15) is 0 Å². The second-order valence-electron chi connectivity index (χ2n) is 7.02. The molecule has 8 heteroatoms. The van der Waals surface area contributed by atoms with Crippen LogP contribution in [0.25, 0.3) is 21.1 Å². The predicted molar refractivity (Wildman–Crippen MR) is 113 cm³/mol. The number of hydrogen-bond acceptors (Lipinski definition) is 8. The van der Waals surface area contributed by atoms with Gasteiger partial charge in [-0.05, 0) is 25.1 Å². The number of thiazole rings is 1. The zero-order valence-corrected chi connectivity index (χ0v) is 16.9. The highest BCUT2D eigenvalue weighted by Gasteiger charge is 2.27. The summed E-state index contributed by atoms with van der Waals surface area (Å²) in [5.41, 5.74) is 4.52. The topological polar surface area (TPSA) is 78.4 Å². The first-order valence-electron chi connectivity index (χ1n) is 9.38. The van der Waals surface area contributed by atoms with Crippen LogP contribution in [0.3, 0.4) is 0 Å². The standard InChI is InChI=1S/C21H20N4O3S/c1-12(13-8-27-9-13)28-18-7-15(26-2)6-17-20(18)21(23-10-22-17)25-14-3-4-16-19(5-14)29-11-24-16/h3-7,10-13H,8-9H2,1-2H3,(H,22,23,25)/t12-/m1/s1. The van der Waals surface area contributed by atoms with Crippen molar-refractivity contribution in [2.45, 2.75) is 13.0 Å². The number of nitrogens with zero attached hydrogens (tertiary/aromatic N) is 3. The summed E-state index contributed by atoms with van der Waals surface area (Å²) in [6, 6.07) is 9.84. The van der Waals surface area contributed by atoms with Crippen molar-refractivity contribution in [3.05, 3.63) is 42.2 Å². The van der Waals surface area contributed by atoms with Gasteiger partial charge in [-0.3, -0.25) is 0 Å². The number of anilines is 2. The van der Waals surface area contributed by atoms with E-state index in [4.69, 9.17) is 14.2 Å². The Morgan fingerprint density at radius 1 is 1.14 bits per heavy atom. The molecular formula is C21H20N4O3S. The first kappa shape index (κ1) is 18.1. The summed E-state index contributed by atoms with van der Waals surface area (Å²) in [5.74, 6) is 2.46. The van der Waals surface area contributed by atoms with Crippen LogP contribution >= 0.6 is 11.3 Å². The molecule has 1 fully saturated rings. The van der Waals surface area contributed by atoms with Crippen molar-refractivity contribution in [3.8, 4) is 11.5 Å². The van der Waals surface area contributed by atoms with E-state index in [1.807, 2.05) is 29.8 Å². The summed E-state index contributed by atoms with van der Waals surface area (Å²) < 4.78 is 18.2. The van der Waals surface area contributed by atoms with Gasteiger partial charge < -0.3 is 19.5 Å². The summed E-state index contributed by atoms with van der Waals surface area (Å²) in [6.07, 6.45) is 1.56. The Hall–Kier alpha value is -2.97. The fraction of sp³-hybridized carbons (Fsp3) is 0.286. The average Bonchev–Trinajstić information content (AvgIpc) is 3.14. The molecule has 4 aromatic rings. The molecule has 0 aliphatic carbocycles. The molecule has 0 amide bonds. The van der Waals surface area contributed by atoms with E-state index in [0.717, 1.165) is 40.0 Å². The van der Waals surface area contributed by atoms with Gasteiger partial charge in [-0.15, -0.1) is 11.3 Å². The third-order valence-electron chi connectivity index (χ3n) is 5.15. The van der Waals surface area contributed by atoms with E-state index in [2.05, 4.69) is 33.3 Å². The molecule has 5 rings (SSSR count). The van der Waals surface area contributed by atoms with Crippen LogP contribution in [0, 0.1) is 5.92 Å². The van der Waals surface area contributed by atoms with Gasteiger partial charge in [0.25, 0.3) is 0 Å². The summed E-state index contributed by atoms with van der Waals surface area (Å²) in [7, 11) is 1.64. The third kappa shape index (κ3) is 3.45. The maximum atomic E-state index is 6.32. The Bertz CT molecular complexity index is 1180. The largest absolute Gasteiger partial charge is 0.497 e. The molecule has 1 aliphatic rings. The Balaban J connectivity index is 1.56. The first-order valence-corrected chi connectivity index (χ1v) is 10.3. The molecule has 148 valence electrons. The van der Waals surface area contributed by atoms with E-state index >= 15 is 0 Å². The van der Waals surface area contributed by atoms with Gasteiger partial charge in [0.1, 0.15) is 29.7 Å². The molecule has 29 heavy (non-hydrogen) atoms. The number of fused-ring (bicyclic) bond motifs is 2. The number of methoxy groups -OCH3 is 1. The van der Waals surface area contributed by atoms with E-state index in [9.17, 15) is 0 Å². The lowest BCUT2D eigenvalue weighted by Crippen LogP contribution is -2.39. The van der Waals surface area contributed by atoms with Crippen LogP contribution in [-0.4, -0.2) is 41.4 Å². The maximum Gasteiger partial charge on any atom is 0.145 e. The molecule has 1 saturated heterocycles. The van der Waals surface area contributed by atoms with Crippen molar-refractivity contribution in [2.75, 3.05) is 25.6 Å². The van der Waals surface area contributed by atoms with E-state index < -0.39 is 0 Å². The number of nitrogens with one attached hydrogen (secondary N) is 1. The normalized spacial score (nSPS) is 15.2. The molecule has 1 N–H and O–H groups in total. The molecule has 0 saturated carbocycles. The van der Waals surface area contributed by atoms with Crippen LogP contribution in [0.2, 0.25) is 0 Å². The highest BCUT2D eigenvalue weighted by Crippen LogP contribution is 2.37. The molecule has 3 heterocycles. The molecule has 2 aromatic heterocycles. The second-order valence-corrected chi connectivity index (χ2v) is 7.91. The highest BCUT2D eigenvalue weighted by molar-refractivity contribution is 7.16. The number of benzene rings is 2. The fourth-order valence-corrected chi connectivity index (χ4v) is 4.04. The van der Waals surface area contributed by atoms with Crippen LogP contribution in [-0.2, 0) is 4.74 Å². The Morgan fingerprint density at radius 3 is 2.83 bits per heavy atom. The molecule has 7 nitrogen and oxygen atoms in total. The van der Waals surface area contributed by atoms with Gasteiger partial charge in [0.05, 0.1) is 47.0 Å². The van der Waals surface area contributed by atoms with Crippen molar-refractivity contribution in [2.24, 2.45) is 5.92 Å². The van der Waals surface area contributed by atoms with Crippen LogP contribution < -0.4 is 14.8 Å². The van der Waals surface area contributed by atoms with Crippen molar-refractivity contribution >= 4 is 44.0 Å². The summed E-state index contributed by atoms with van der Waals surface area (Å²) >= 11 is 1.61. The van der Waals surface area contributed by atoms with Crippen molar-refractivity contribution in [1.29, 1.82) is 0 Å². The fourth-order valence-electron chi connectivity index (χ4n) is 3.33. The average molecular weight is 408 g/mol. The molecular weight excluding hydrogens is 388 g/mol. The van der Waals surface area contributed by atoms with Gasteiger partial charge in [0, 0.05) is 23.7 Å². The lowest BCUT2D eigenvalue weighted by atomic mass is 10.0. The minimum absolute atomic E-state index is 0.0145. The van der Waals surface area contributed by atoms with Crippen molar-refractivity contribution < 1.29 is 14.2 Å². The third-order valence-corrected chi connectivity index (χ3v) is 5.94. The summed E-state index contributed by atoms with van der Waals surface area (Å²) in [4.78, 5) is 13.3. The molecule has 0 unspecified atom stereocenters.